The molecule has 1 amide bonds. The average molecular weight is 356 g/mol. The predicted molar refractivity (Wildman–Crippen MR) is 93.6 cm³/mol. The Kier molecular flexibility index (Phi) is 3.55. The normalized spacial score (nSPS) is 27.3. The Morgan fingerprint density at radius 2 is 2.12 bits per heavy atom. The lowest BCUT2D eigenvalue weighted by Gasteiger charge is -2.33. The van der Waals surface area contributed by atoms with Crippen molar-refractivity contribution in [3.8, 4) is 0 Å². The van der Waals surface area contributed by atoms with Crippen LogP contribution in [0.1, 0.15) is 62.4 Å². The molecule has 0 bridgehead atoms. The monoisotopic (exact) mass is 356 g/mol. The summed E-state index contributed by atoms with van der Waals surface area (Å²) < 4.78 is 5.75. The van der Waals surface area contributed by atoms with Crippen LogP contribution in [0.5, 0.6) is 0 Å². The van der Waals surface area contributed by atoms with Crippen molar-refractivity contribution in [2.45, 2.75) is 56.9 Å². The van der Waals surface area contributed by atoms with Crippen LogP contribution in [0.4, 0.5) is 6.01 Å². The van der Waals surface area contributed by atoms with Crippen molar-refractivity contribution >= 4 is 11.9 Å². The number of carbonyl (C=O) groups is 1. The second-order valence-corrected chi connectivity index (χ2v) is 8.08. The second kappa shape index (κ2) is 5.82. The van der Waals surface area contributed by atoms with Gasteiger partial charge in [0.2, 0.25) is 11.8 Å². The number of anilines is 1. The van der Waals surface area contributed by atoms with Crippen LogP contribution in [0.2, 0.25) is 0 Å². The molecule has 0 radical (unpaired) electrons. The Bertz CT molecular complexity index is 786. The van der Waals surface area contributed by atoms with E-state index < -0.39 is 0 Å². The number of piperidine rings is 1. The number of rotatable bonds is 5. The molecule has 2 aliphatic carbocycles. The molecule has 1 aliphatic heterocycles. The number of hydrogen-bond acceptors (Lipinski definition) is 6. The molecule has 8 nitrogen and oxygen atoms in total. The highest BCUT2D eigenvalue weighted by Gasteiger charge is 2.46. The third-order valence-corrected chi connectivity index (χ3v) is 6.25. The van der Waals surface area contributed by atoms with E-state index >= 15 is 0 Å². The average Bonchev–Trinajstić information content (AvgIpc) is 3.48. The zero-order chi connectivity index (χ0) is 17.7. The summed E-state index contributed by atoms with van der Waals surface area (Å²) in [6.07, 6.45) is 7.77. The van der Waals surface area contributed by atoms with Gasteiger partial charge < -0.3 is 14.6 Å². The lowest BCUT2D eigenvalue weighted by molar-refractivity contribution is -0.133. The van der Waals surface area contributed by atoms with Crippen LogP contribution in [-0.4, -0.2) is 50.3 Å². The summed E-state index contributed by atoms with van der Waals surface area (Å²) in [5.74, 6) is 1.30. The molecular formula is C18H24N6O2. The fourth-order valence-corrected chi connectivity index (χ4v) is 4.11. The maximum Gasteiger partial charge on any atom is 0.316 e. The fraction of sp³-hybridized carbons (Fsp3) is 0.667. The van der Waals surface area contributed by atoms with E-state index in [1.54, 1.807) is 0 Å². The molecule has 1 spiro atoms. The summed E-state index contributed by atoms with van der Waals surface area (Å²) in [5, 5.41) is 18.3. The van der Waals surface area contributed by atoms with Gasteiger partial charge in [-0.15, -0.1) is 5.10 Å². The topological polar surface area (TPSA) is 99.9 Å². The van der Waals surface area contributed by atoms with Crippen LogP contribution in [-0.2, 0) is 4.79 Å². The van der Waals surface area contributed by atoms with Crippen LogP contribution in [0.25, 0.3) is 0 Å². The Hall–Kier alpha value is -2.38. The van der Waals surface area contributed by atoms with Gasteiger partial charge in [-0.3, -0.25) is 9.89 Å². The standard InChI is InChI=1S/C18H24N6O2/c1-11(16(25)24-8-5-18(3-4-18)6-9-24)20-17-23-22-15(26-17)13-10-12(13)14-2-7-19-21-14/h2,7,11-13H,3-6,8-10H2,1H3,(H,19,21)(H,20,23)/t11-,12+,13+/m0/s1. The van der Waals surface area contributed by atoms with Gasteiger partial charge in [0.15, 0.2) is 0 Å². The summed E-state index contributed by atoms with van der Waals surface area (Å²) >= 11 is 0. The molecular weight excluding hydrogens is 332 g/mol. The number of likely N-dealkylation sites (tertiary alicyclic amines) is 1. The minimum Gasteiger partial charge on any atom is -0.408 e. The smallest absolute Gasteiger partial charge is 0.316 e. The maximum absolute atomic E-state index is 12.7. The van der Waals surface area contributed by atoms with E-state index in [4.69, 9.17) is 4.42 Å². The minimum absolute atomic E-state index is 0.112. The molecule has 3 aliphatic rings. The van der Waals surface area contributed by atoms with Crippen molar-refractivity contribution in [2.24, 2.45) is 5.41 Å². The lowest BCUT2D eigenvalue weighted by atomic mass is 9.93. The number of hydrogen-bond donors (Lipinski definition) is 2. The third kappa shape index (κ3) is 2.87. The zero-order valence-corrected chi connectivity index (χ0v) is 14.9. The van der Waals surface area contributed by atoms with E-state index in [9.17, 15) is 4.79 Å². The molecule has 0 aromatic carbocycles. The number of nitrogens with zero attached hydrogens (tertiary/aromatic N) is 4. The molecule has 2 saturated carbocycles. The molecule has 0 unspecified atom stereocenters. The first-order valence-corrected chi connectivity index (χ1v) is 9.52. The quantitative estimate of drug-likeness (QED) is 0.852. The van der Waals surface area contributed by atoms with E-state index in [1.165, 1.54) is 12.8 Å². The van der Waals surface area contributed by atoms with Crippen LogP contribution < -0.4 is 5.32 Å². The minimum atomic E-state index is -0.363. The van der Waals surface area contributed by atoms with Crippen molar-refractivity contribution in [1.82, 2.24) is 25.3 Å². The highest BCUT2D eigenvalue weighted by Crippen LogP contribution is 2.54. The van der Waals surface area contributed by atoms with Crippen molar-refractivity contribution in [1.29, 1.82) is 0 Å². The van der Waals surface area contributed by atoms with Crippen LogP contribution in [0.3, 0.4) is 0 Å². The summed E-state index contributed by atoms with van der Waals surface area (Å²) in [6.45, 7) is 3.60. The van der Waals surface area contributed by atoms with Crippen molar-refractivity contribution in [3.63, 3.8) is 0 Å². The molecule has 2 aromatic rings. The first-order chi connectivity index (χ1) is 12.6. The maximum atomic E-state index is 12.7. The van der Waals surface area contributed by atoms with Crippen LogP contribution in [0.15, 0.2) is 16.7 Å². The van der Waals surface area contributed by atoms with Crippen molar-refractivity contribution in [3.05, 3.63) is 23.8 Å². The Balaban J connectivity index is 1.16. The molecule has 138 valence electrons. The number of H-pyrrole nitrogens is 1. The van der Waals surface area contributed by atoms with Crippen LogP contribution >= 0.6 is 0 Å². The van der Waals surface area contributed by atoms with Gasteiger partial charge in [-0.1, -0.05) is 5.10 Å². The molecule has 3 heterocycles. The summed E-state index contributed by atoms with van der Waals surface area (Å²) in [4.78, 5) is 14.6. The second-order valence-electron chi connectivity index (χ2n) is 8.08. The number of carbonyl (C=O) groups excluding carboxylic acids is 1. The summed E-state index contributed by atoms with van der Waals surface area (Å²) in [7, 11) is 0. The fourth-order valence-electron chi connectivity index (χ4n) is 4.11. The largest absolute Gasteiger partial charge is 0.408 e. The molecule has 3 atom stereocenters. The van der Waals surface area contributed by atoms with Crippen molar-refractivity contribution in [2.75, 3.05) is 18.4 Å². The van der Waals surface area contributed by atoms with E-state index in [2.05, 4.69) is 25.7 Å². The molecule has 2 aromatic heterocycles. The Labute approximate surface area is 151 Å². The molecule has 2 N–H and O–H groups in total. The van der Waals surface area contributed by atoms with Gasteiger partial charge >= 0.3 is 6.01 Å². The van der Waals surface area contributed by atoms with Gasteiger partial charge in [-0.05, 0) is 50.5 Å². The molecule has 8 heteroatoms. The summed E-state index contributed by atoms with van der Waals surface area (Å²) in [6, 6.07) is 1.94. The molecule has 5 rings (SSSR count). The highest BCUT2D eigenvalue weighted by atomic mass is 16.4. The van der Waals surface area contributed by atoms with E-state index in [1.807, 2.05) is 24.1 Å². The lowest BCUT2D eigenvalue weighted by Crippen LogP contribution is -2.45. The molecule has 1 saturated heterocycles. The van der Waals surface area contributed by atoms with E-state index in [-0.39, 0.29) is 17.9 Å². The van der Waals surface area contributed by atoms with Gasteiger partial charge in [-0.25, -0.2) is 0 Å². The van der Waals surface area contributed by atoms with E-state index in [0.717, 1.165) is 38.0 Å². The van der Waals surface area contributed by atoms with Gasteiger partial charge in [0, 0.05) is 31.1 Å². The van der Waals surface area contributed by atoms with E-state index in [0.29, 0.717) is 23.2 Å². The third-order valence-electron chi connectivity index (χ3n) is 6.25. The van der Waals surface area contributed by atoms with Gasteiger partial charge in [0.25, 0.3) is 0 Å². The number of nitrogens with one attached hydrogen (secondary N) is 2. The number of amides is 1. The highest BCUT2D eigenvalue weighted by molar-refractivity contribution is 5.83. The molecule has 3 fully saturated rings. The molecule has 26 heavy (non-hydrogen) atoms. The van der Waals surface area contributed by atoms with Crippen LogP contribution in [0, 0.1) is 5.41 Å². The van der Waals surface area contributed by atoms with Gasteiger partial charge in [-0.2, -0.15) is 5.10 Å². The SMILES string of the molecule is C[C@H](Nc1nnc([C@@H]2C[C@H]2c2cc[nH]n2)o1)C(=O)N1CCC2(CC1)CC2. The first-order valence-electron chi connectivity index (χ1n) is 9.52. The Morgan fingerprint density at radius 3 is 2.81 bits per heavy atom. The summed E-state index contributed by atoms with van der Waals surface area (Å²) in [5.41, 5.74) is 1.61. The number of aromatic nitrogens is 4. The number of aromatic amines is 1. The Morgan fingerprint density at radius 1 is 1.31 bits per heavy atom. The first kappa shape index (κ1) is 15.8. The zero-order valence-electron chi connectivity index (χ0n) is 14.9. The van der Waals surface area contributed by atoms with Gasteiger partial charge in [0.1, 0.15) is 6.04 Å². The van der Waals surface area contributed by atoms with Crippen molar-refractivity contribution < 1.29 is 9.21 Å². The predicted octanol–water partition coefficient (Wildman–Crippen LogP) is 2.27. The van der Waals surface area contributed by atoms with Gasteiger partial charge in [0.05, 0.1) is 5.69 Å².